The summed E-state index contributed by atoms with van der Waals surface area (Å²) in [5.41, 5.74) is 10.7. The van der Waals surface area contributed by atoms with E-state index < -0.39 is 115 Å². The van der Waals surface area contributed by atoms with Crippen molar-refractivity contribution in [1.29, 1.82) is 0 Å². The molecule has 0 aromatic carbocycles. The average Bonchev–Trinajstić information content (AvgIpc) is 3.08. The molecule has 0 aromatic rings. The molecule has 1 rings (SSSR count). The molecule has 0 bridgehead atoms. The van der Waals surface area contributed by atoms with Crippen LogP contribution in [0.25, 0.3) is 0 Å². The van der Waals surface area contributed by atoms with Crippen LogP contribution < -0.4 is 48.7 Å². The Labute approximate surface area is 297 Å². The van der Waals surface area contributed by atoms with Crippen LogP contribution in [-0.2, 0) is 38.4 Å². The molecule has 0 radical (unpaired) electrons. The van der Waals surface area contributed by atoms with Crippen molar-refractivity contribution >= 4 is 47.3 Å². The number of hydrogen-bond acceptors (Lipinski definition) is 13. The van der Waals surface area contributed by atoms with E-state index in [-0.39, 0.29) is 47.4 Å². The summed E-state index contributed by atoms with van der Waals surface area (Å²) in [6.07, 6.45) is -1.20. The fraction of sp³-hybridized carbons (Fsp3) is 0.733. The zero-order valence-corrected chi connectivity index (χ0v) is 29.0. The monoisotopic (exact) mass is 735 g/mol. The van der Waals surface area contributed by atoms with Crippen molar-refractivity contribution < 1.29 is 61.6 Å². The summed E-state index contributed by atoms with van der Waals surface area (Å²) in [6, 6.07) is -10.3. The third-order valence-electron chi connectivity index (χ3n) is 8.29. The maximum Gasteiger partial charge on any atom is 0.245 e. The second-order valence-electron chi connectivity index (χ2n) is 12.3. The third kappa shape index (κ3) is 14.7. The van der Waals surface area contributed by atoms with Crippen LogP contribution in [0.3, 0.4) is 0 Å². The van der Waals surface area contributed by atoms with Gasteiger partial charge in [0.15, 0.2) is 0 Å². The second kappa shape index (κ2) is 22.4. The van der Waals surface area contributed by atoms with E-state index >= 15 is 0 Å². The first-order valence-electron chi connectivity index (χ1n) is 16.6. The molecule has 0 aliphatic carbocycles. The zero-order valence-electron chi connectivity index (χ0n) is 29.0. The Balaban J connectivity index is 0. The van der Waals surface area contributed by atoms with Crippen LogP contribution >= 0.6 is 0 Å². The second-order valence-corrected chi connectivity index (χ2v) is 12.3. The standard InChI is InChI=1S/C30H53N9O12.2H2/c1-4-14(2)22(25(32)46)38-29(50)20(13-42)36-26(47)16-7-5-6-10-33-21(44)9-8-17(34-18(11-40)24(31)45)27(48)39-23(15(3)43)30(51)37-19(12-41)28(49)35-16;;/h14-20,22-23,34,40-43H,4-13H2,1-3H3,(H2,31,45)(H2,32,46)(H,33,44)(H,35,49)(H,36,47)(H,37,51)(H,38,50)(H,39,48);2*1H/t14-,15+,16?,17?,18-,19-,20-,22-,23-;;/m0../s1. The summed E-state index contributed by atoms with van der Waals surface area (Å²) in [6.45, 7) is 2.00. The Morgan fingerprint density at radius 2 is 1.51 bits per heavy atom. The number of aliphatic hydroxyl groups excluding tert-OH is 4. The van der Waals surface area contributed by atoms with Crippen molar-refractivity contribution in [1.82, 2.24) is 37.2 Å². The van der Waals surface area contributed by atoms with Crippen molar-refractivity contribution in [3.63, 3.8) is 0 Å². The molecule has 8 amide bonds. The Kier molecular flexibility index (Phi) is 19.6. The molecule has 0 aromatic heterocycles. The van der Waals surface area contributed by atoms with Gasteiger partial charge in [0.25, 0.3) is 0 Å². The molecule has 1 heterocycles. The highest BCUT2D eigenvalue weighted by atomic mass is 16.3. The number of rotatable bonds is 14. The van der Waals surface area contributed by atoms with Gasteiger partial charge in [-0.25, -0.2) is 0 Å². The van der Waals surface area contributed by atoms with E-state index in [1.807, 2.05) is 0 Å². The van der Waals surface area contributed by atoms with Gasteiger partial charge in [0, 0.05) is 15.8 Å². The fourth-order valence-corrected chi connectivity index (χ4v) is 4.93. The first kappa shape index (κ1) is 44.6. The number of primary amides is 2. The molecular weight excluding hydrogens is 678 g/mol. The van der Waals surface area contributed by atoms with Gasteiger partial charge in [-0.05, 0) is 38.5 Å². The SMILES string of the molecule is CC[C@H](C)[C@H](NC(=O)[C@H](CO)NC(=O)C1CCCCNC(=O)CCC(N[C@@H](CO)C(N)=O)C(=O)N[C@@H]([C@@H](C)O)C(=O)N[C@@H](CO)C(=O)N1)C(N)=O.[HH].[HH]. The number of nitrogens with two attached hydrogens (primary N) is 2. The minimum absolute atomic E-state index is 0. The molecule has 1 saturated heterocycles. The number of carbonyl (C=O) groups excluding carboxylic acids is 8. The maximum absolute atomic E-state index is 13.4. The van der Waals surface area contributed by atoms with Crippen molar-refractivity contribution in [2.24, 2.45) is 17.4 Å². The van der Waals surface area contributed by atoms with E-state index in [1.54, 1.807) is 13.8 Å². The van der Waals surface area contributed by atoms with Gasteiger partial charge in [-0.1, -0.05) is 20.3 Å². The lowest BCUT2D eigenvalue weighted by atomic mass is 9.98. The van der Waals surface area contributed by atoms with Gasteiger partial charge in [-0.2, -0.15) is 0 Å². The molecule has 51 heavy (non-hydrogen) atoms. The topological polar surface area (TPSA) is 354 Å². The molecule has 294 valence electrons. The highest BCUT2D eigenvalue weighted by Gasteiger charge is 2.35. The Bertz CT molecular complexity index is 1250. The number of hydrogen-bond donors (Lipinski definition) is 13. The predicted molar refractivity (Wildman–Crippen MR) is 181 cm³/mol. The van der Waals surface area contributed by atoms with E-state index in [1.165, 1.54) is 0 Å². The lowest BCUT2D eigenvalue weighted by Crippen LogP contribution is -2.62. The normalized spacial score (nSPS) is 24.4. The van der Waals surface area contributed by atoms with E-state index in [4.69, 9.17) is 11.5 Å². The molecular formula is C30H57N9O12. The maximum atomic E-state index is 13.4. The molecule has 1 aliphatic rings. The highest BCUT2D eigenvalue weighted by Crippen LogP contribution is 2.09. The lowest BCUT2D eigenvalue weighted by molar-refractivity contribution is -0.137. The van der Waals surface area contributed by atoms with Gasteiger partial charge < -0.3 is 63.8 Å². The predicted octanol–water partition coefficient (Wildman–Crippen LogP) is -6.32. The van der Waals surface area contributed by atoms with Gasteiger partial charge in [-0.15, -0.1) is 0 Å². The number of amides is 8. The van der Waals surface area contributed by atoms with Gasteiger partial charge in [0.05, 0.1) is 32.0 Å². The van der Waals surface area contributed by atoms with E-state index in [9.17, 15) is 58.8 Å². The highest BCUT2D eigenvalue weighted by molar-refractivity contribution is 5.97. The summed E-state index contributed by atoms with van der Waals surface area (Å²) < 4.78 is 0. The van der Waals surface area contributed by atoms with Crippen LogP contribution in [0, 0.1) is 5.92 Å². The average molecular weight is 736 g/mol. The van der Waals surface area contributed by atoms with Crippen LogP contribution in [0.5, 0.6) is 0 Å². The Hall–Kier alpha value is -4.44. The van der Waals surface area contributed by atoms with Gasteiger partial charge >= 0.3 is 0 Å². The van der Waals surface area contributed by atoms with Crippen LogP contribution in [0.4, 0.5) is 0 Å². The van der Waals surface area contributed by atoms with Crippen molar-refractivity contribution in [2.75, 3.05) is 26.4 Å². The van der Waals surface area contributed by atoms with Crippen LogP contribution in [-0.4, -0.2) is 142 Å². The third-order valence-corrected chi connectivity index (χ3v) is 8.29. The summed E-state index contributed by atoms with van der Waals surface area (Å²) in [7, 11) is 0. The molecule has 0 spiro atoms. The van der Waals surface area contributed by atoms with Crippen LogP contribution in [0.15, 0.2) is 0 Å². The Morgan fingerprint density at radius 1 is 0.863 bits per heavy atom. The lowest BCUT2D eigenvalue weighted by Gasteiger charge is -2.28. The Morgan fingerprint density at radius 3 is 2.04 bits per heavy atom. The van der Waals surface area contributed by atoms with Gasteiger partial charge in [0.2, 0.25) is 47.3 Å². The molecule has 21 nitrogen and oxygen atoms in total. The summed E-state index contributed by atoms with van der Waals surface area (Å²) >= 11 is 0. The fourth-order valence-electron chi connectivity index (χ4n) is 4.93. The zero-order chi connectivity index (χ0) is 38.8. The molecule has 1 fully saturated rings. The van der Waals surface area contributed by atoms with Crippen LogP contribution in [0.2, 0.25) is 0 Å². The molecule has 1 aliphatic heterocycles. The first-order chi connectivity index (χ1) is 24.0. The van der Waals surface area contributed by atoms with E-state index in [0.29, 0.717) is 6.42 Å². The smallest absolute Gasteiger partial charge is 0.245 e. The van der Waals surface area contributed by atoms with Gasteiger partial charge in [-0.3, -0.25) is 43.7 Å². The molecule has 21 heteroatoms. The number of carbonyl (C=O) groups is 8. The first-order valence-corrected chi connectivity index (χ1v) is 16.6. The van der Waals surface area contributed by atoms with Crippen molar-refractivity contribution in [3.8, 4) is 0 Å². The van der Waals surface area contributed by atoms with E-state index in [0.717, 1.165) is 6.92 Å². The largest absolute Gasteiger partial charge is 0.394 e. The molecule has 9 atom stereocenters. The number of aliphatic hydroxyl groups is 4. The van der Waals surface area contributed by atoms with Gasteiger partial charge in [0.1, 0.15) is 36.3 Å². The molecule has 2 unspecified atom stereocenters. The van der Waals surface area contributed by atoms with Crippen molar-refractivity contribution in [3.05, 3.63) is 0 Å². The summed E-state index contributed by atoms with van der Waals surface area (Å²) in [5, 5.41) is 56.4. The van der Waals surface area contributed by atoms with E-state index in [2.05, 4.69) is 37.2 Å². The van der Waals surface area contributed by atoms with Crippen LogP contribution in [0.1, 0.15) is 62.1 Å². The quantitative estimate of drug-likeness (QED) is 0.0791. The minimum Gasteiger partial charge on any atom is -0.394 e. The molecule has 0 saturated carbocycles. The number of nitrogens with one attached hydrogen (secondary N) is 7. The van der Waals surface area contributed by atoms with Crippen molar-refractivity contribution in [2.45, 2.75) is 108 Å². The molecule has 15 N–H and O–H groups in total. The summed E-state index contributed by atoms with van der Waals surface area (Å²) in [4.78, 5) is 102. The minimum atomic E-state index is -1.74. The summed E-state index contributed by atoms with van der Waals surface area (Å²) in [5.74, 6) is -7.76.